The highest BCUT2D eigenvalue weighted by Crippen LogP contribution is 2.19. The molecular weight excluding hydrogens is 250 g/mol. The molecule has 0 amide bonds. The van der Waals surface area contributed by atoms with E-state index in [-0.39, 0.29) is 0 Å². The van der Waals surface area contributed by atoms with E-state index in [1.165, 1.54) is 6.42 Å². The Labute approximate surface area is 119 Å². The second kappa shape index (κ2) is 6.13. The summed E-state index contributed by atoms with van der Waals surface area (Å²) in [6, 6.07) is 4.14. The Balaban J connectivity index is 1.81. The SMILES string of the molecule is CCCn1nccc1-c1cc(CC2CCNC2)ncn1. The lowest BCUT2D eigenvalue weighted by Gasteiger charge is -2.09. The molecule has 0 bridgehead atoms. The average molecular weight is 271 g/mol. The van der Waals surface area contributed by atoms with E-state index in [4.69, 9.17) is 0 Å². The van der Waals surface area contributed by atoms with E-state index in [0.29, 0.717) is 5.92 Å². The molecule has 0 saturated carbocycles. The van der Waals surface area contributed by atoms with Gasteiger partial charge in [-0.1, -0.05) is 6.92 Å². The summed E-state index contributed by atoms with van der Waals surface area (Å²) in [5.74, 6) is 0.707. The molecule has 0 aromatic carbocycles. The van der Waals surface area contributed by atoms with Crippen LogP contribution in [0.4, 0.5) is 0 Å². The molecule has 3 rings (SSSR count). The van der Waals surface area contributed by atoms with E-state index in [2.05, 4.69) is 33.4 Å². The molecule has 1 fully saturated rings. The van der Waals surface area contributed by atoms with Crippen molar-refractivity contribution in [2.45, 2.75) is 32.7 Å². The van der Waals surface area contributed by atoms with Crippen molar-refractivity contribution in [1.29, 1.82) is 0 Å². The third-order valence-electron chi connectivity index (χ3n) is 3.80. The molecule has 1 atom stereocenters. The molecule has 2 aromatic rings. The average Bonchev–Trinajstić information content (AvgIpc) is 3.11. The smallest absolute Gasteiger partial charge is 0.116 e. The van der Waals surface area contributed by atoms with Crippen LogP contribution in [0.5, 0.6) is 0 Å². The zero-order valence-corrected chi connectivity index (χ0v) is 11.9. The molecule has 3 heterocycles. The van der Waals surface area contributed by atoms with Crippen LogP contribution in [0, 0.1) is 5.92 Å². The fraction of sp³-hybridized carbons (Fsp3) is 0.533. The minimum atomic E-state index is 0.707. The van der Waals surface area contributed by atoms with Crippen LogP contribution in [0.25, 0.3) is 11.4 Å². The second-order valence-corrected chi connectivity index (χ2v) is 5.40. The Kier molecular flexibility index (Phi) is 4.06. The highest BCUT2D eigenvalue weighted by atomic mass is 15.3. The monoisotopic (exact) mass is 271 g/mol. The first kappa shape index (κ1) is 13.2. The molecule has 1 unspecified atom stereocenters. The summed E-state index contributed by atoms with van der Waals surface area (Å²) in [6.45, 7) is 5.32. The van der Waals surface area contributed by atoms with Crippen LogP contribution >= 0.6 is 0 Å². The number of hydrogen-bond acceptors (Lipinski definition) is 4. The van der Waals surface area contributed by atoms with Gasteiger partial charge in [0.15, 0.2) is 0 Å². The van der Waals surface area contributed by atoms with Gasteiger partial charge in [-0.15, -0.1) is 0 Å². The van der Waals surface area contributed by atoms with E-state index < -0.39 is 0 Å². The molecule has 2 aromatic heterocycles. The lowest BCUT2D eigenvalue weighted by atomic mass is 10.0. The number of hydrogen-bond donors (Lipinski definition) is 1. The van der Waals surface area contributed by atoms with E-state index in [9.17, 15) is 0 Å². The molecule has 106 valence electrons. The minimum Gasteiger partial charge on any atom is -0.316 e. The minimum absolute atomic E-state index is 0.707. The van der Waals surface area contributed by atoms with Crippen molar-refractivity contribution in [3.05, 3.63) is 30.4 Å². The molecule has 1 N–H and O–H groups in total. The fourth-order valence-corrected chi connectivity index (χ4v) is 2.77. The summed E-state index contributed by atoms with van der Waals surface area (Å²) in [6.07, 6.45) is 6.86. The molecule has 1 aliphatic heterocycles. The maximum absolute atomic E-state index is 4.42. The zero-order valence-electron chi connectivity index (χ0n) is 11.9. The summed E-state index contributed by atoms with van der Waals surface area (Å²) in [7, 11) is 0. The van der Waals surface area contributed by atoms with Crippen molar-refractivity contribution in [1.82, 2.24) is 25.1 Å². The Bertz CT molecular complexity index is 557. The van der Waals surface area contributed by atoms with Gasteiger partial charge in [-0.25, -0.2) is 9.97 Å². The van der Waals surface area contributed by atoms with Crippen LogP contribution in [0.15, 0.2) is 24.7 Å². The largest absolute Gasteiger partial charge is 0.316 e. The van der Waals surface area contributed by atoms with Gasteiger partial charge in [0.2, 0.25) is 0 Å². The predicted octanol–water partition coefficient (Wildman–Crippen LogP) is 1.90. The highest BCUT2D eigenvalue weighted by molar-refractivity contribution is 5.54. The third kappa shape index (κ3) is 2.88. The van der Waals surface area contributed by atoms with Gasteiger partial charge in [0.1, 0.15) is 6.33 Å². The number of aryl methyl sites for hydroxylation is 1. The van der Waals surface area contributed by atoms with Crippen LogP contribution in [-0.4, -0.2) is 32.8 Å². The van der Waals surface area contributed by atoms with E-state index in [1.54, 1.807) is 6.33 Å². The number of nitrogens with one attached hydrogen (secondary N) is 1. The van der Waals surface area contributed by atoms with Crippen LogP contribution in [-0.2, 0) is 13.0 Å². The van der Waals surface area contributed by atoms with E-state index in [0.717, 1.165) is 49.6 Å². The van der Waals surface area contributed by atoms with Crippen molar-refractivity contribution in [3.63, 3.8) is 0 Å². The molecule has 1 aliphatic rings. The summed E-state index contributed by atoms with van der Waals surface area (Å²) >= 11 is 0. The zero-order chi connectivity index (χ0) is 13.8. The molecule has 0 aliphatic carbocycles. The molecular formula is C15H21N5. The van der Waals surface area contributed by atoms with Crippen molar-refractivity contribution in [2.24, 2.45) is 5.92 Å². The summed E-state index contributed by atoms with van der Waals surface area (Å²) in [5, 5.41) is 7.76. The Morgan fingerprint density at radius 1 is 1.40 bits per heavy atom. The van der Waals surface area contributed by atoms with Crippen molar-refractivity contribution in [3.8, 4) is 11.4 Å². The topological polar surface area (TPSA) is 55.6 Å². The van der Waals surface area contributed by atoms with Crippen LogP contribution in [0.3, 0.4) is 0 Å². The van der Waals surface area contributed by atoms with E-state index >= 15 is 0 Å². The van der Waals surface area contributed by atoms with Gasteiger partial charge in [-0.3, -0.25) is 4.68 Å². The summed E-state index contributed by atoms with van der Waals surface area (Å²) in [5.41, 5.74) is 3.19. The second-order valence-electron chi connectivity index (χ2n) is 5.40. The molecule has 1 saturated heterocycles. The maximum atomic E-state index is 4.42. The number of nitrogens with zero attached hydrogens (tertiary/aromatic N) is 4. The quantitative estimate of drug-likeness (QED) is 0.902. The van der Waals surface area contributed by atoms with Gasteiger partial charge >= 0.3 is 0 Å². The third-order valence-corrected chi connectivity index (χ3v) is 3.80. The van der Waals surface area contributed by atoms with Gasteiger partial charge in [0.05, 0.1) is 11.4 Å². The first-order chi connectivity index (χ1) is 9.86. The molecule has 0 radical (unpaired) electrons. The van der Waals surface area contributed by atoms with E-state index in [1.807, 2.05) is 16.9 Å². The summed E-state index contributed by atoms with van der Waals surface area (Å²) < 4.78 is 2.02. The number of aromatic nitrogens is 4. The van der Waals surface area contributed by atoms with Crippen LogP contribution < -0.4 is 5.32 Å². The Morgan fingerprint density at radius 3 is 3.15 bits per heavy atom. The Hall–Kier alpha value is -1.75. The van der Waals surface area contributed by atoms with Gasteiger partial charge in [-0.05, 0) is 50.4 Å². The first-order valence-corrected chi connectivity index (χ1v) is 7.40. The van der Waals surface area contributed by atoms with Crippen molar-refractivity contribution < 1.29 is 0 Å². The molecule has 0 spiro atoms. The first-order valence-electron chi connectivity index (χ1n) is 7.40. The maximum Gasteiger partial charge on any atom is 0.116 e. The Morgan fingerprint density at radius 2 is 2.35 bits per heavy atom. The molecule has 20 heavy (non-hydrogen) atoms. The van der Waals surface area contributed by atoms with Crippen LogP contribution in [0.1, 0.15) is 25.5 Å². The lowest BCUT2D eigenvalue weighted by Crippen LogP contribution is -2.11. The standard InChI is InChI=1S/C15H21N5/c1-2-7-20-15(4-6-19-20)14-9-13(17-11-18-14)8-12-3-5-16-10-12/h4,6,9,11-12,16H,2-3,5,7-8,10H2,1H3. The van der Waals surface area contributed by atoms with Gasteiger partial charge in [0, 0.05) is 18.4 Å². The predicted molar refractivity (Wildman–Crippen MR) is 78.2 cm³/mol. The van der Waals surface area contributed by atoms with Gasteiger partial charge in [-0.2, -0.15) is 5.10 Å². The van der Waals surface area contributed by atoms with Gasteiger partial charge < -0.3 is 5.32 Å². The summed E-state index contributed by atoms with van der Waals surface area (Å²) in [4.78, 5) is 8.83. The fourth-order valence-electron chi connectivity index (χ4n) is 2.77. The van der Waals surface area contributed by atoms with Crippen molar-refractivity contribution >= 4 is 0 Å². The highest BCUT2D eigenvalue weighted by Gasteiger charge is 2.16. The van der Waals surface area contributed by atoms with Crippen molar-refractivity contribution in [2.75, 3.05) is 13.1 Å². The molecule has 5 nitrogen and oxygen atoms in total. The normalized spacial score (nSPS) is 18.6. The number of rotatable bonds is 5. The molecule has 5 heteroatoms. The van der Waals surface area contributed by atoms with Crippen LogP contribution in [0.2, 0.25) is 0 Å². The van der Waals surface area contributed by atoms with Gasteiger partial charge in [0.25, 0.3) is 0 Å². The lowest BCUT2D eigenvalue weighted by molar-refractivity contribution is 0.570.